The van der Waals surface area contributed by atoms with Gasteiger partial charge in [0.15, 0.2) is 0 Å². The van der Waals surface area contributed by atoms with Crippen molar-refractivity contribution in [3.63, 3.8) is 0 Å². The molecule has 18 heavy (non-hydrogen) atoms. The molecule has 0 unspecified atom stereocenters. The standard InChI is InChI=1S/C12H12Cl3N3/c1-3-16-12-17-7(2)6-18(12)11-5-9(14)8(13)4-10(11)15/h4-6H,3H2,1-2H3,(H,16,17). The number of anilines is 1. The highest BCUT2D eigenvalue weighted by atomic mass is 35.5. The van der Waals surface area contributed by atoms with Crippen molar-refractivity contribution < 1.29 is 0 Å². The average molecular weight is 305 g/mol. The van der Waals surface area contributed by atoms with Gasteiger partial charge in [-0.15, -0.1) is 0 Å². The number of aromatic nitrogens is 2. The minimum absolute atomic E-state index is 0.437. The molecule has 0 saturated carbocycles. The molecule has 0 amide bonds. The number of nitrogens with zero attached hydrogens (tertiary/aromatic N) is 2. The predicted molar refractivity (Wildman–Crippen MR) is 77.5 cm³/mol. The van der Waals surface area contributed by atoms with Crippen molar-refractivity contribution >= 4 is 40.8 Å². The van der Waals surface area contributed by atoms with E-state index in [1.165, 1.54) is 0 Å². The highest BCUT2D eigenvalue weighted by Gasteiger charge is 2.12. The van der Waals surface area contributed by atoms with Gasteiger partial charge in [-0.1, -0.05) is 34.8 Å². The highest BCUT2D eigenvalue weighted by molar-refractivity contribution is 6.43. The summed E-state index contributed by atoms with van der Waals surface area (Å²) < 4.78 is 1.86. The molecule has 1 heterocycles. The lowest BCUT2D eigenvalue weighted by Crippen LogP contribution is -2.05. The minimum atomic E-state index is 0.437. The summed E-state index contributed by atoms with van der Waals surface area (Å²) in [5.41, 5.74) is 1.65. The lowest BCUT2D eigenvalue weighted by atomic mass is 10.3. The van der Waals surface area contributed by atoms with Crippen LogP contribution in [0.4, 0.5) is 5.95 Å². The van der Waals surface area contributed by atoms with E-state index in [0.29, 0.717) is 15.1 Å². The van der Waals surface area contributed by atoms with Crippen LogP contribution >= 0.6 is 34.8 Å². The molecule has 0 spiro atoms. The van der Waals surface area contributed by atoms with Gasteiger partial charge in [-0.25, -0.2) is 4.98 Å². The van der Waals surface area contributed by atoms with Gasteiger partial charge in [-0.05, 0) is 26.0 Å². The number of aryl methyl sites for hydroxylation is 1. The van der Waals surface area contributed by atoms with Gasteiger partial charge < -0.3 is 5.32 Å². The van der Waals surface area contributed by atoms with Gasteiger partial charge in [0.25, 0.3) is 0 Å². The van der Waals surface area contributed by atoms with Crippen molar-refractivity contribution in [1.82, 2.24) is 9.55 Å². The van der Waals surface area contributed by atoms with Crippen LogP contribution in [0.2, 0.25) is 15.1 Å². The van der Waals surface area contributed by atoms with E-state index < -0.39 is 0 Å². The van der Waals surface area contributed by atoms with Gasteiger partial charge >= 0.3 is 0 Å². The van der Waals surface area contributed by atoms with Crippen molar-refractivity contribution in [2.75, 3.05) is 11.9 Å². The quantitative estimate of drug-likeness (QED) is 0.842. The molecule has 0 bridgehead atoms. The number of imidazole rings is 1. The highest BCUT2D eigenvalue weighted by Crippen LogP contribution is 2.32. The first-order valence-corrected chi connectivity index (χ1v) is 6.61. The van der Waals surface area contributed by atoms with Crippen LogP contribution in [-0.4, -0.2) is 16.1 Å². The lowest BCUT2D eigenvalue weighted by molar-refractivity contribution is 1.02. The molecule has 1 aromatic heterocycles. The largest absolute Gasteiger partial charge is 0.356 e. The first-order valence-electron chi connectivity index (χ1n) is 5.47. The molecule has 6 heteroatoms. The summed E-state index contributed by atoms with van der Waals surface area (Å²) >= 11 is 18.1. The van der Waals surface area contributed by atoms with E-state index in [9.17, 15) is 0 Å². The summed E-state index contributed by atoms with van der Waals surface area (Å²) in [6.45, 7) is 4.70. The van der Waals surface area contributed by atoms with Gasteiger partial charge in [0.1, 0.15) is 0 Å². The zero-order valence-electron chi connectivity index (χ0n) is 9.97. The van der Waals surface area contributed by atoms with E-state index in [1.54, 1.807) is 12.1 Å². The fourth-order valence-corrected chi connectivity index (χ4v) is 2.29. The van der Waals surface area contributed by atoms with Gasteiger partial charge in [0.2, 0.25) is 5.95 Å². The van der Waals surface area contributed by atoms with Crippen LogP contribution in [0.15, 0.2) is 18.3 Å². The summed E-state index contributed by atoms with van der Waals surface area (Å²) in [7, 11) is 0. The zero-order valence-corrected chi connectivity index (χ0v) is 12.2. The summed E-state index contributed by atoms with van der Waals surface area (Å²) in [6, 6.07) is 3.36. The Hall–Kier alpha value is -0.900. The normalized spacial score (nSPS) is 10.7. The topological polar surface area (TPSA) is 29.9 Å². The predicted octanol–water partition coefficient (Wildman–Crippen LogP) is 4.57. The van der Waals surface area contributed by atoms with Crippen molar-refractivity contribution in [2.24, 2.45) is 0 Å². The van der Waals surface area contributed by atoms with Gasteiger partial charge in [0.05, 0.1) is 26.4 Å². The maximum absolute atomic E-state index is 6.20. The number of rotatable bonds is 3. The van der Waals surface area contributed by atoms with Crippen LogP contribution in [-0.2, 0) is 0 Å². The molecule has 3 nitrogen and oxygen atoms in total. The number of nitrogens with one attached hydrogen (secondary N) is 1. The third-order valence-corrected chi connectivity index (χ3v) is 3.44. The second-order valence-corrected chi connectivity index (χ2v) is 5.05. The summed E-state index contributed by atoms with van der Waals surface area (Å²) in [5.74, 6) is 0.732. The van der Waals surface area contributed by atoms with E-state index in [4.69, 9.17) is 34.8 Å². The van der Waals surface area contributed by atoms with Crippen molar-refractivity contribution in [3.05, 3.63) is 39.1 Å². The third-order valence-electron chi connectivity index (χ3n) is 2.41. The maximum atomic E-state index is 6.20. The van der Waals surface area contributed by atoms with Crippen LogP contribution in [0.5, 0.6) is 0 Å². The van der Waals surface area contributed by atoms with Crippen LogP contribution in [0.3, 0.4) is 0 Å². The minimum Gasteiger partial charge on any atom is -0.356 e. The molecule has 0 fully saturated rings. The van der Waals surface area contributed by atoms with Gasteiger partial charge in [-0.2, -0.15) is 0 Å². The van der Waals surface area contributed by atoms with E-state index in [-0.39, 0.29) is 0 Å². The number of hydrogen-bond donors (Lipinski definition) is 1. The van der Waals surface area contributed by atoms with Crippen LogP contribution in [0.25, 0.3) is 5.69 Å². The molecule has 0 aliphatic heterocycles. The Bertz CT molecular complexity index is 578. The van der Waals surface area contributed by atoms with E-state index in [0.717, 1.165) is 23.9 Å². The molecule has 0 aliphatic rings. The van der Waals surface area contributed by atoms with Crippen molar-refractivity contribution in [2.45, 2.75) is 13.8 Å². The Balaban J connectivity index is 2.57. The van der Waals surface area contributed by atoms with E-state index in [1.807, 2.05) is 24.6 Å². The number of benzene rings is 1. The second kappa shape index (κ2) is 5.39. The van der Waals surface area contributed by atoms with Gasteiger partial charge in [-0.3, -0.25) is 4.57 Å². The zero-order chi connectivity index (χ0) is 13.3. The fraction of sp³-hybridized carbons (Fsp3) is 0.250. The lowest BCUT2D eigenvalue weighted by Gasteiger charge is -2.11. The molecular formula is C12H12Cl3N3. The smallest absolute Gasteiger partial charge is 0.207 e. The Morgan fingerprint density at radius 1 is 1.17 bits per heavy atom. The molecule has 1 N–H and O–H groups in total. The van der Waals surface area contributed by atoms with Crippen molar-refractivity contribution in [1.29, 1.82) is 0 Å². The summed E-state index contributed by atoms with van der Waals surface area (Å²) in [4.78, 5) is 4.39. The molecule has 96 valence electrons. The fourth-order valence-electron chi connectivity index (χ4n) is 1.66. The Labute approximate surface area is 121 Å². The van der Waals surface area contributed by atoms with Crippen molar-refractivity contribution in [3.8, 4) is 5.69 Å². The molecule has 1 aromatic carbocycles. The Morgan fingerprint density at radius 2 is 1.83 bits per heavy atom. The van der Waals surface area contributed by atoms with Crippen LogP contribution < -0.4 is 5.32 Å². The second-order valence-electron chi connectivity index (χ2n) is 3.82. The first kappa shape index (κ1) is 13.5. The number of halogens is 3. The SMILES string of the molecule is CCNc1nc(C)cn1-c1cc(Cl)c(Cl)cc1Cl. The molecule has 0 saturated heterocycles. The number of hydrogen-bond acceptors (Lipinski definition) is 2. The Kier molecular flexibility index (Phi) is 4.05. The van der Waals surface area contributed by atoms with Crippen LogP contribution in [0, 0.1) is 6.92 Å². The molecular weight excluding hydrogens is 293 g/mol. The Morgan fingerprint density at radius 3 is 2.50 bits per heavy atom. The molecule has 0 radical (unpaired) electrons. The summed E-state index contributed by atoms with van der Waals surface area (Å²) in [6.07, 6.45) is 1.89. The monoisotopic (exact) mass is 303 g/mol. The summed E-state index contributed by atoms with van der Waals surface area (Å²) in [5, 5.41) is 4.60. The molecule has 0 aliphatic carbocycles. The molecule has 0 atom stereocenters. The first-order chi connectivity index (χ1) is 8.52. The average Bonchev–Trinajstić information content (AvgIpc) is 2.65. The van der Waals surface area contributed by atoms with E-state index >= 15 is 0 Å². The third kappa shape index (κ3) is 2.58. The maximum Gasteiger partial charge on any atom is 0.207 e. The van der Waals surface area contributed by atoms with Gasteiger partial charge in [0, 0.05) is 12.7 Å². The molecule has 2 rings (SSSR count). The van der Waals surface area contributed by atoms with Crippen LogP contribution in [0.1, 0.15) is 12.6 Å². The molecule has 2 aromatic rings. The van der Waals surface area contributed by atoms with E-state index in [2.05, 4.69) is 10.3 Å².